The van der Waals surface area contributed by atoms with Crippen LogP contribution in [0, 0.1) is 6.92 Å². The van der Waals surface area contributed by atoms with Crippen molar-refractivity contribution in [3.8, 4) is 28.0 Å². The predicted octanol–water partition coefficient (Wildman–Crippen LogP) is 5.01. The lowest BCUT2D eigenvalue weighted by atomic mass is 9.96. The molecular formula is C30H38N6O2. The minimum atomic E-state index is -0.221. The lowest BCUT2D eigenvalue weighted by Crippen LogP contribution is -2.28. The van der Waals surface area contributed by atoms with Gasteiger partial charge in [0.15, 0.2) is 0 Å². The maximum absolute atomic E-state index is 13.4. The average molecular weight is 515 g/mol. The number of hydrogen-bond donors (Lipinski definition) is 1. The number of nitrogens with zero attached hydrogens (tertiary/aromatic N) is 5. The molecule has 0 unspecified atom stereocenters. The normalized spacial score (nSPS) is 12.1. The van der Waals surface area contributed by atoms with Crippen molar-refractivity contribution in [2.45, 2.75) is 33.7 Å². The molecule has 0 aliphatic carbocycles. The number of likely N-dealkylation sites (N-methyl/N-ethyl adjacent to an activating group) is 1. The molecule has 0 fully saturated rings. The molecule has 0 aliphatic rings. The van der Waals surface area contributed by atoms with Gasteiger partial charge in [0, 0.05) is 49.7 Å². The van der Waals surface area contributed by atoms with Gasteiger partial charge in [0.25, 0.3) is 5.91 Å². The number of aromatic nitrogens is 4. The van der Waals surface area contributed by atoms with Crippen molar-refractivity contribution in [2.75, 3.05) is 26.2 Å². The Kier molecular flexibility index (Phi) is 8.63. The molecule has 8 nitrogen and oxygen atoms in total. The van der Waals surface area contributed by atoms with E-state index in [1.807, 2.05) is 70.9 Å². The molecule has 0 saturated heterocycles. The highest BCUT2D eigenvalue weighted by atomic mass is 16.5. The van der Waals surface area contributed by atoms with Gasteiger partial charge in [0.2, 0.25) is 0 Å². The van der Waals surface area contributed by atoms with Crippen LogP contribution in [0.1, 0.15) is 48.3 Å². The monoisotopic (exact) mass is 514 g/mol. The molecule has 0 bridgehead atoms. The molecule has 0 saturated carbocycles. The zero-order valence-electron chi connectivity index (χ0n) is 23.2. The molecular weight excluding hydrogens is 476 g/mol. The predicted molar refractivity (Wildman–Crippen MR) is 151 cm³/mol. The Balaban J connectivity index is 1.55. The number of rotatable bonds is 11. The van der Waals surface area contributed by atoms with E-state index in [-0.39, 0.29) is 11.9 Å². The molecule has 1 N–H and O–H groups in total. The van der Waals surface area contributed by atoms with Crippen molar-refractivity contribution in [2.24, 2.45) is 14.1 Å². The van der Waals surface area contributed by atoms with E-state index in [0.717, 1.165) is 53.0 Å². The summed E-state index contributed by atoms with van der Waals surface area (Å²) in [5, 5.41) is 11.9. The van der Waals surface area contributed by atoms with Crippen molar-refractivity contribution in [1.29, 1.82) is 0 Å². The SMILES string of the molecule is CCN(CC)CCOc1ccc(C)c(C(=O)N[C@H](C)c2cc(-c3cnn(C)c3)cc(-c3cnn(C)c3)c2)c1. The van der Waals surface area contributed by atoms with E-state index in [1.165, 1.54) is 0 Å². The van der Waals surface area contributed by atoms with Crippen molar-refractivity contribution in [1.82, 2.24) is 29.8 Å². The van der Waals surface area contributed by atoms with Crippen molar-refractivity contribution in [3.05, 3.63) is 77.9 Å². The van der Waals surface area contributed by atoms with Gasteiger partial charge in [-0.1, -0.05) is 19.9 Å². The van der Waals surface area contributed by atoms with E-state index >= 15 is 0 Å². The topological polar surface area (TPSA) is 77.2 Å². The Labute approximate surface area is 225 Å². The third-order valence-corrected chi connectivity index (χ3v) is 6.90. The van der Waals surface area contributed by atoms with Gasteiger partial charge in [0.1, 0.15) is 12.4 Å². The van der Waals surface area contributed by atoms with Crippen molar-refractivity contribution in [3.63, 3.8) is 0 Å². The minimum Gasteiger partial charge on any atom is -0.492 e. The molecule has 4 rings (SSSR count). The largest absolute Gasteiger partial charge is 0.492 e. The van der Waals surface area contributed by atoms with E-state index in [1.54, 1.807) is 9.36 Å². The summed E-state index contributed by atoms with van der Waals surface area (Å²) < 4.78 is 9.55. The number of carbonyl (C=O) groups excluding carboxylic acids is 1. The molecule has 2 aromatic heterocycles. The molecule has 4 aromatic rings. The first-order chi connectivity index (χ1) is 18.3. The quantitative estimate of drug-likeness (QED) is 0.305. The van der Waals surface area contributed by atoms with Crippen LogP contribution in [0.3, 0.4) is 0 Å². The van der Waals surface area contributed by atoms with Crippen LogP contribution in [0.5, 0.6) is 5.75 Å². The lowest BCUT2D eigenvalue weighted by Gasteiger charge is -2.19. The summed E-state index contributed by atoms with van der Waals surface area (Å²) in [5.74, 6) is 0.580. The highest BCUT2D eigenvalue weighted by Gasteiger charge is 2.17. The molecule has 200 valence electrons. The van der Waals surface area contributed by atoms with Crippen LogP contribution in [-0.2, 0) is 14.1 Å². The number of carbonyl (C=O) groups is 1. The van der Waals surface area contributed by atoms with Gasteiger partial charge in [0.05, 0.1) is 18.4 Å². The fraction of sp³-hybridized carbons (Fsp3) is 0.367. The molecule has 8 heteroatoms. The summed E-state index contributed by atoms with van der Waals surface area (Å²) >= 11 is 0. The second-order valence-corrected chi connectivity index (χ2v) is 9.70. The number of ether oxygens (including phenoxy) is 1. The first kappa shape index (κ1) is 27.1. The van der Waals surface area contributed by atoms with Crippen LogP contribution >= 0.6 is 0 Å². The summed E-state index contributed by atoms with van der Waals surface area (Å²) in [6, 6.07) is 11.8. The van der Waals surface area contributed by atoms with Crippen LogP contribution < -0.4 is 10.1 Å². The van der Waals surface area contributed by atoms with Gasteiger partial charge in [-0.3, -0.25) is 14.2 Å². The average Bonchev–Trinajstić information content (AvgIpc) is 3.55. The molecule has 0 aliphatic heterocycles. The Morgan fingerprint density at radius 1 is 0.947 bits per heavy atom. The Morgan fingerprint density at radius 2 is 1.55 bits per heavy atom. The van der Waals surface area contributed by atoms with E-state index in [9.17, 15) is 4.79 Å². The number of benzene rings is 2. The zero-order valence-corrected chi connectivity index (χ0v) is 23.2. The maximum Gasteiger partial charge on any atom is 0.252 e. The van der Waals surface area contributed by atoms with Gasteiger partial charge in [-0.15, -0.1) is 0 Å². The third kappa shape index (κ3) is 6.50. The summed E-state index contributed by atoms with van der Waals surface area (Å²) in [6.45, 7) is 11.7. The first-order valence-corrected chi connectivity index (χ1v) is 13.2. The lowest BCUT2D eigenvalue weighted by molar-refractivity contribution is 0.0938. The number of aryl methyl sites for hydroxylation is 3. The molecule has 0 spiro atoms. The van der Waals surface area contributed by atoms with Crippen LogP contribution in [0.2, 0.25) is 0 Å². The number of amides is 1. The van der Waals surface area contributed by atoms with Crippen molar-refractivity contribution >= 4 is 5.91 Å². The van der Waals surface area contributed by atoms with Crippen molar-refractivity contribution < 1.29 is 9.53 Å². The first-order valence-electron chi connectivity index (χ1n) is 13.2. The summed E-state index contributed by atoms with van der Waals surface area (Å²) in [7, 11) is 3.81. The van der Waals surface area contributed by atoms with Gasteiger partial charge in [-0.2, -0.15) is 10.2 Å². The molecule has 38 heavy (non-hydrogen) atoms. The Morgan fingerprint density at radius 3 is 2.08 bits per heavy atom. The Hall–Kier alpha value is -3.91. The fourth-order valence-electron chi connectivity index (χ4n) is 4.50. The van der Waals surface area contributed by atoms with Gasteiger partial charge in [-0.05, 0) is 79.5 Å². The van der Waals surface area contributed by atoms with Crippen LogP contribution in [-0.4, -0.2) is 56.6 Å². The number of hydrogen-bond acceptors (Lipinski definition) is 5. The summed E-state index contributed by atoms with van der Waals surface area (Å²) in [4.78, 5) is 15.7. The Bertz CT molecular complexity index is 1330. The zero-order chi connectivity index (χ0) is 27.2. The van der Waals surface area contributed by atoms with E-state index in [0.29, 0.717) is 17.9 Å². The highest BCUT2D eigenvalue weighted by molar-refractivity contribution is 5.96. The number of nitrogens with one attached hydrogen (secondary N) is 1. The second kappa shape index (κ2) is 12.1. The van der Waals surface area contributed by atoms with E-state index < -0.39 is 0 Å². The molecule has 2 heterocycles. The highest BCUT2D eigenvalue weighted by Crippen LogP contribution is 2.30. The maximum atomic E-state index is 13.4. The second-order valence-electron chi connectivity index (χ2n) is 9.70. The van der Waals surface area contributed by atoms with Gasteiger partial charge in [-0.25, -0.2) is 0 Å². The van der Waals surface area contributed by atoms with E-state index in [4.69, 9.17) is 4.74 Å². The van der Waals surface area contributed by atoms with E-state index in [2.05, 4.69) is 52.5 Å². The minimum absolute atomic E-state index is 0.126. The summed E-state index contributed by atoms with van der Waals surface area (Å²) in [6.07, 6.45) is 7.68. The van der Waals surface area contributed by atoms with Crippen LogP contribution in [0.4, 0.5) is 0 Å². The van der Waals surface area contributed by atoms with Gasteiger partial charge >= 0.3 is 0 Å². The standard InChI is InChI=1S/C30H38N6O2/c1-7-36(8-2)11-12-38-28-10-9-21(3)29(16-28)30(37)33-22(4)23-13-24(26-17-31-34(5)19-26)15-25(14-23)27-18-32-35(6)20-27/h9-10,13-20,22H,7-8,11-12H2,1-6H3,(H,33,37)/t22-/m1/s1. The van der Waals surface area contributed by atoms with Crippen LogP contribution in [0.25, 0.3) is 22.3 Å². The molecule has 1 amide bonds. The van der Waals surface area contributed by atoms with Crippen LogP contribution in [0.15, 0.2) is 61.2 Å². The smallest absolute Gasteiger partial charge is 0.252 e. The molecule has 2 aromatic carbocycles. The fourth-order valence-corrected chi connectivity index (χ4v) is 4.50. The third-order valence-electron chi connectivity index (χ3n) is 6.90. The van der Waals surface area contributed by atoms with Gasteiger partial charge < -0.3 is 15.0 Å². The molecule has 0 radical (unpaired) electrons. The summed E-state index contributed by atoms with van der Waals surface area (Å²) in [5.41, 5.74) is 6.64. The molecule has 1 atom stereocenters.